The molecule has 2 aromatic carbocycles. The second-order valence-electron chi connectivity index (χ2n) is 9.39. The van der Waals surface area contributed by atoms with E-state index in [1.807, 2.05) is 12.1 Å². The molecule has 0 saturated heterocycles. The molecule has 0 spiro atoms. The topological polar surface area (TPSA) is 135 Å². The van der Waals surface area contributed by atoms with E-state index in [2.05, 4.69) is 10.3 Å². The maximum atomic E-state index is 13.6. The number of amides is 3. The lowest BCUT2D eigenvalue weighted by Crippen LogP contribution is -2.38. The molecule has 41 heavy (non-hydrogen) atoms. The highest BCUT2D eigenvalue weighted by Gasteiger charge is 2.38. The Morgan fingerprint density at radius 2 is 1.71 bits per heavy atom. The molecule has 11 heteroatoms. The van der Waals surface area contributed by atoms with Gasteiger partial charge in [-0.25, -0.2) is 4.79 Å². The maximum Gasteiger partial charge on any atom is 0.508 e. The molecule has 0 unspecified atom stereocenters. The van der Waals surface area contributed by atoms with E-state index in [-0.39, 0.29) is 32.3 Å². The summed E-state index contributed by atoms with van der Waals surface area (Å²) in [7, 11) is 0. The van der Waals surface area contributed by atoms with E-state index < -0.39 is 23.9 Å². The van der Waals surface area contributed by atoms with E-state index in [1.54, 1.807) is 60.9 Å². The predicted octanol–water partition coefficient (Wildman–Crippen LogP) is 4.74. The summed E-state index contributed by atoms with van der Waals surface area (Å²) in [4.78, 5) is 56.8. The second kappa shape index (κ2) is 12.7. The van der Waals surface area contributed by atoms with Crippen LogP contribution in [0.3, 0.4) is 0 Å². The highest BCUT2D eigenvalue weighted by Crippen LogP contribution is 2.31. The number of aliphatic hydroxyl groups is 1. The average Bonchev–Trinajstić information content (AvgIpc) is 3.50. The zero-order valence-electron chi connectivity index (χ0n) is 21.9. The number of carbonyl (C=O) groups is 4. The number of thiophene rings is 1. The lowest BCUT2D eigenvalue weighted by molar-refractivity contribution is -0.117. The normalized spacial score (nSPS) is 13.2. The molecule has 3 amide bonds. The van der Waals surface area contributed by atoms with Gasteiger partial charge in [0, 0.05) is 25.5 Å². The number of rotatable bonds is 11. The van der Waals surface area contributed by atoms with Gasteiger partial charge in [-0.2, -0.15) is 0 Å². The minimum Gasteiger partial charge on any atom is -0.434 e. The van der Waals surface area contributed by atoms with Gasteiger partial charge in [0.2, 0.25) is 5.91 Å². The van der Waals surface area contributed by atoms with Gasteiger partial charge in [0.25, 0.3) is 11.8 Å². The first kappa shape index (κ1) is 27.9. The fourth-order valence-corrected chi connectivity index (χ4v) is 5.41. The van der Waals surface area contributed by atoms with Gasteiger partial charge in [-0.15, -0.1) is 11.3 Å². The van der Waals surface area contributed by atoms with Crippen molar-refractivity contribution < 1.29 is 33.8 Å². The Balaban J connectivity index is 1.32. The van der Waals surface area contributed by atoms with Gasteiger partial charge < -0.3 is 19.9 Å². The molecule has 0 fully saturated rings. The first-order chi connectivity index (χ1) is 19.9. The van der Waals surface area contributed by atoms with Crippen molar-refractivity contribution in [3.8, 4) is 0 Å². The number of unbranched alkanes of at least 4 members (excludes halogenated alkanes) is 1. The van der Waals surface area contributed by atoms with Crippen molar-refractivity contribution in [1.29, 1.82) is 0 Å². The molecule has 210 valence electrons. The number of fused-ring (bicyclic) bond motifs is 2. The first-order valence-electron chi connectivity index (χ1n) is 13.0. The second-order valence-corrected chi connectivity index (χ2v) is 10.5. The van der Waals surface area contributed by atoms with Crippen molar-refractivity contribution in [2.75, 3.05) is 25.1 Å². The van der Waals surface area contributed by atoms with E-state index >= 15 is 0 Å². The number of benzene rings is 2. The molecule has 0 saturated carbocycles. The Hall–Kier alpha value is -4.61. The third-order valence-electron chi connectivity index (χ3n) is 6.64. The van der Waals surface area contributed by atoms with Crippen molar-refractivity contribution in [1.82, 2.24) is 9.88 Å². The lowest BCUT2D eigenvalue weighted by atomic mass is 9.96. The van der Waals surface area contributed by atoms with Gasteiger partial charge in [-0.1, -0.05) is 36.4 Å². The number of anilines is 1. The predicted molar refractivity (Wildman–Crippen MR) is 152 cm³/mol. The number of nitrogens with one attached hydrogen (secondary N) is 1. The highest BCUT2D eigenvalue weighted by molar-refractivity contribution is 7.22. The van der Waals surface area contributed by atoms with Crippen molar-refractivity contribution in [2.24, 2.45) is 0 Å². The van der Waals surface area contributed by atoms with Crippen molar-refractivity contribution in [2.45, 2.75) is 25.4 Å². The summed E-state index contributed by atoms with van der Waals surface area (Å²) in [6, 6.07) is 17.1. The third kappa shape index (κ3) is 6.42. The van der Waals surface area contributed by atoms with Crippen molar-refractivity contribution >= 4 is 50.3 Å². The number of imide groups is 1. The van der Waals surface area contributed by atoms with E-state index in [9.17, 15) is 19.2 Å². The summed E-state index contributed by atoms with van der Waals surface area (Å²) in [5.74, 6) is -2.14. The van der Waals surface area contributed by atoms with E-state index in [0.29, 0.717) is 40.1 Å². The number of nitrogens with zero attached hydrogens (tertiary/aromatic N) is 2. The minimum absolute atomic E-state index is 0.0261. The summed E-state index contributed by atoms with van der Waals surface area (Å²) in [5.41, 5.74) is 1.86. The van der Waals surface area contributed by atoms with Crippen molar-refractivity contribution in [3.63, 3.8) is 0 Å². The Morgan fingerprint density at radius 1 is 0.976 bits per heavy atom. The molecule has 1 aliphatic heterocycles. The van der Waals surface area contributed by atoms with Crippen molar-refractivity contribution in [3.05, 3.63) is 95.3 Å². The number of aliphatic hydroxyl groups excluding tert-OH is 1. The van der Waals surface area contributed by atoms with Gasteiger partial charge in [0.1, 0.15) is 6.61 Å². The Kier molecular flexibility index (Phi) is 8.66. The largest absolute Gasteiger partial charge is 0.508 e. The van der Waals surface area contributed by atoms with Crippen LogP contribution < -0.4 is 5.32 Å². The van der Waals surface area contributed by atoms with Crippen LogP contribution in [0.1, 0.15) is 50.6 Å². The molecular weight excluding hydrogens is 546 g/mol. The van der Waals surface area contributed by atoms with E-state index in [0.717, 1.165) is 15.0 Å². The number of hydrogen-bond acceptors (Lipinski definition) is 9. The third-order valence-corrected chi connectivity index (χ3v) is 7.64. The number of hydrogen-bond donors (Lipinski definition) is 2. The quantitative estimate of drug-likeness (QED) is 0.149. The minimum atomic E-state index is -0.869. The number of carbonyl (C=O) groups excluding carboxylic acids is 4. The summed E-state index contributed by atoms with van der Waals surface area (Å²) in [5, 5.41) is 13.3. The van der Waals surface area contributed by atoms with Crippen LogP contribution in [0.25, 0.3) is 10.1 Å². The number of aromatic nitrogens is 1. The van der Waals surface area contributed by atoms with Crippen LogP contribution in [0.5, 0.6) is 0 Å². The van der Waals surface area contributed by atoms with Gasteiger partial charge in [-0.3, -0.25) is 24.3 Å². The molecular formula is C30H27N3O7S. The summed E-state index contributed by atoms with van der Waals surface area (Å²) in [6.45, 7) is -0.00749. The van der Waals surface area contributed by atoms with E-state index in [1.165, 1.54) is 11.3 Å². The summed E-state index contributed by atoms with van der Waals surface area (Å²) >= 11 is 1.38. The molecule has 2 aromatic heterocycles. The zero-order valence-corrected chi connectivity index (χ0v) is 22.8. The Morgan fingerprint density at radius 3 is 2.39 bits per heavy atom. The molecule has 0 bridgehead atoms. The van der Waals surface area contributed by atoms with Crippen LogP contribution in [0.15, 0.2) is 73.1 Å². The smallest absolute Gasteiger partial charge is 0.434 e. The Bertz CT molecular complexity index is 1520. The number of ether oxygens (including phenoxy) is 2. The van der Waals surface area contributed by atoms with Crippen LogP contribution in [0, 0.1) is 0 Å². The monoisotopic (exact) mass is 573 g/mol. The van der Waals surface area contributed by atoms with Crippen LogP contribution in [-0.4, -0.2) is 58.6 Å². The molecule has 1 aliphatic rings. The summed E-state index contributed by atoms with van der Waals surface area (Å²) < 4.78 is 11.0. The maximum absolute atomic E-state index is 13.6. The highest BCUT2D eigenvalue weighted by atomic mass is 32.1. The molecule has 0 aliphatic carbocycles. The average molecular weight is 574 g/mol. The molecule has 1 atom stereocenters. The van der Waals surface area contributed by atoms with Gasteiger partial charge >= 0.3 is 6.16 Å². The van der Waals surface area contributed by atoms with Crippen LogP contribution in [0.4, 0.5) is 9.80 Å². The molecule has 4 aromatic rings. The van der Waals surface area contributed by atoms with Crippen LogP contribution in [-0.2, 0) is 20.9 Å². The van der Waals surface area contributed by atoms with Gasteiger partial charge in [-0.05, 0) is 53.6 Å². The molecule has 5 rings (SSSR count). The number of pyridine rings is 1. The first-order valence-corrected chi connectivity index (χ1v) is 13.8. The van der Waals surface area contributed by atoms with Crippen LogP contribution >= 0.6 is 11.3 Å². The van der Waals surface area contributed by atoms with Gasteiger partial charge in [0.15, 0.2) is 0 Å². The molecule has 0 radical (unpaired) electrons. The SMILES string of the molecule is O=C(OCCCCO)OCc1ccc([C@@H](CN2C(=O)c3ccccc3C2=O)C(=O)Nc2cc3ccncc3s2)cc1. The van der Waals surface area contributed by atoms with Gasteiger partial charge in [0.05, 0.1) is 33.4 Å². The lowest BCUT2D eigenvalue weighted by Gasteiger charge is -2.22. The molecule has 3 heterocycles. The summed E-state index contributed by atoms with van der Waals surface area (Å²) in [6.07, 6.45) is 3.65. The van der Waals surface area contributed by atoms with E-state index in [4.69, 9.17) is 14.6 Å². The fourth-order valence-electron chi connectivity index (χ4n) is 4.48. The van der Waals surface area contributed by atoms with Crippen LogP contribution in [0.2, 0.25) is 0 Å². The fraction of sp³-hybridized carbons (Fsp3) is 0.233. The standard InChI is InChI=1S/C30H27N3O7S/c34-13-3-4-14-39-30(38)40-18-19-7-9-20(10-8-19)24(17-33-28(36)22-5-1-2-6-23(22)29(33)37)27(35)32-26-15-21-11-12-31-16-25(21)41-26/h1-2,5-12,15-16,24,34H,3-4,13-14,17-18H2,(H,32,35)/t24-/m1/s1. The molecule has 10 nitrogen and oxygen atoms in total. The Labute approximate surface area is 239 Å². The zero-order chi connectivity index (χ0) is 28.8. The molecule has 2 N–H and O–H groups in total.